The van der Waals surface area contributed by atoms with Gasteiger partial charge in [-0.15, -0.1) is 0 Å². The summed E-state index contributed by atoms with van der Waals surface area (Å²) in [5.74, 6) is 0.395. The van der Waals surface area contributed by atoms with E-state index in [-0.39, 0.29) is 11.0 Å². The Morgan fingerprint density at radius 3 is 2.71 bits per heavy atom. The van der Waals surface area contributed by atoms with Crippen LogP contribution in [-0.2, 0) is 9.84 Å². The molecular weight excluding hydrogens is 238 g/mol. The molecule has 0 aromatic carbocycles. The van der Waals surface area contributed by atoms with E-state index in [1.807, 2.05) is 6.92 Å². The molecule has 0 saturated heterocycles. The third-order valence-corrected chi connectivity index (χ3v) is 5.74. The molecule has 0 aromatic heterocycles. The molecule has 0 spiro atoms. The van der Waals surface area contributed by atoms with Crippen LogP contribution in [0.2, 0.25) is 0 Å². The van der Waals surface area contributed by atoms with Crippen molar-refractivity contribution in [1.29, 1.82) is 0 Å². The van der Waals surface area contributed by atoms with E-state index in [1.165, 1.54) is 0 Å². The zero-order chi connectivity index (χ0) is 12.9. The number of hydrogen-bond donors (Lipinski definition) is 2. The second kappa shape index (κ2) is 6.71. The lowest BCUT2D eigenvalue weighted by molar-refractivity contribution is 0.194. The minimum Gasteiger partial charge on any atom is -0.391 e. The standard InChI is InChI=1S/C12H25NO3S/c1-3-13-8-11(14)9-17(15,16)12-6-4-5-10(2)7-12/h10-14H,3-9H2,1-2H3. The largest absolute Gasteiger partial charge is 0.391 e. The number of aliphatic hydroxyl groups excluding tert-OH is 1. The first kappa shape index (κ1) is 14.9. The molecule has 1 rings (SSSR count). The summed E-state index contributed by atoms with van der Waals surface area (Å²) in [4.78, 5) is 0. The average molecular weight is 263 g/mol. The Morgan fingerprint density at radius 1 is 1.41 bits per heavy atom. The van der Waals surface area contributed by atoms with E-state index in [2.05, 4.69) is 12.2 Å². The number of likely N-dealkylation sites (N-methyl/N-ethyl adjacent to an activating group) is 1. The first-order chi connectivity index (χ1) is 7.95. The Bertz CT molecular complexity index is 316. The highest BCUT2D eigenvalue weighted by Crippen LogP contribution is 2.28. The molecule has 0 amide bonds. The van der Waals surface area contributed by atoms with Crippen molar-refractivity contribution < 1.29 is 13.5 Å². The molecule has 2 N–H and O–H groups in total. The van der Waals surface area contributed by atoms with Crippen molar-refractivity contribution in [3.8, 4) is 0 Å². The third kappa shape index (κ3) is 4.94. The van der Waals surface area contributed by atoms with Gasteiger partial charge in [-0.3, -0.25) is 0 Å². The summed E-state index contributed by atoms with van der Waals surface area (Å²) in [5, 5.41) is 12.4. The van der Waals surface area contributed by atoms with E-state index in [0.717, 1.165) is 32.2 Å². The van der Waals surface area contributed by atoms with Crippen molar-refractivity contribution in [3.05, 3.63) is 0 Å². The summed E-state index contributed by atoms with van der Waals surface area (Å²) in [6.07, 6.45) is 2.87. The lowest BCUT2D eigenvalue weighted by atomic mass is 9.91. The highest BCUT2D eigenvalue weighted by atomic mass is 32.2. The fourth-order valence-electron chi connectivity index (χ4n) is 2.48. The molecule has 0 aliphatic heterocycles. The molecule has 1 saturated carbocycles. The maximum absolute atomic E-state index is 12.1. The van der Waals surface area contributed by atoms with Crippen molar-refractivity contribution in [2.24, 2.45) is 5.92 Å². The van der Waals surface area contributed by atoms with E-state index in [9.17, 15) is 13.5 Å². The molecule has 17 heavy (non-hydrogen) atoms. The van der Waals surface area contributed by atoms with Crippen LogP contribution in [0.3, 0.4) is 0 Å². The second-order valence-electron chi connectivity index (χ2n) is 5.18. The molecule has 0 bridgehead atoms. The van der Waals surface area contributed by atoms with Gasteiger partial charge in [0.1, 0.15) is 0 Å². The van der Waals surface area contributed by atoms with Gasteiger partial charge in [0.2, 0.25) is 0 Å². The predicted molar refractivity (Wildman–Crippen MR) is 69.8 cm³/mol. The number of aliphatic hydroxyl groups is 1. The monoisotopic (exact) mass is 263 g/mol. The molecule has 5 heteroatoms. The van der Waals surface area contributed by atoms with Crippen LogP contribution in [0.25, 0.3) is 0 Å². The lowest BCUT2D eigenvalue weighted by Gasteiger charge is -2.27. The molecule has 0 aromatic rings. The first-order valence-corrected chi connectivity index (χ1v) is 8.27. The van der Waals surface area contributed by atoms with Gasteiger partial charge in [-0.05, 0) is 25.3 Å². The topological polar surface area (TPSA) is 66.4 Å². The van der Waals surface area contributed by atoms with Gasteiger partial charge >= 0.3 is 0 Å². The van der Waals surface area contributed by atoms with Crippen molar-refractivity contribution in [2.75, 3.05) is 18.8 Å². The smallest absolute Gasteiger partial charge is 0.155 e. The summed E-state index contributed by atoms with van der Waals surface area (Å²) < 4.78 is 24.2. The average Bonchev–Trinajstić information content (AvgIpc) is 2.26. The van der Waals surface area contributed by atoms with Crippen LogP contribution in [0.5, 0.6) is 0 Å². The van der Waals surface area contributed by atoms with Crippen LogP contribution < -0.4 is 5.32 Å². The van der Waals surface area contributed by atoms with Gasteiger partial charge < -0.3 is 10.4 Å². The van der Waals surface area contributed by atoms with Gasteiger partial charge in [0.05, 0.1) is 17.1 Å². The van der Waals surface area contributed by atoms with Crippen LogP contribution >= 0.6 is 0 Å². The molecule has 3 unspecified atom stereocenters. The van der Waals surface area contributed by atoms with E-state index >= 15 is 0 Å². The second-order valence-corrected chi connectivity index (χ2v) is 7.51. The van der Waals surface area contributed by atoms with Crippen LogP contribution in [-0.4, -0.2) is 43.7 Å². The van der Waals surface area contributed by atoms with Crippen LogP contribution in [0, 0.1) is 5.92 Å². The quantitative estimate of drug-likeness (QED) is 0.749. The van der Waals surface area contributed by atoms with Gasteiger partial charge in [0.15, 0.2) is 9.84 Å². The Hall–Kier alpha value is -0.130. The number of rotatable bonds is 6. The Kier molecular flexibility index (Phi) is 5.89. The normalized spacial score (nSPS) is 27.9. The summed E-state index contributed by atoms with van der Waals surface area (Å²) in [7, 11) is -3.14. The SMILES string of the molecule is CCNCC(O)CS(=O)(=O)C1CCCC(C)C1. The fraction of sp³-hybridized carbons (Fsp3) is 1.00. The minimum atomic E-state index is -3.14. The highest BCUT2D eigenvalue weighted by Gasteiger charge is 2.31. The van der Waals surface area contributed by atoms with Crippen molar-refractivity contribution >= 4 is 9.84 Å². The van der Waals surface area contributed by atoms with E-state index in [1.54, 1.807) is 0 Å². The molecule has 102 valence electrons. The van der Waals surface area contributed by atoms with Gasteiger partial charge in [0, 0.05) is 6.54 Å². The number of sulfone groups is 1. The summed E-state index contributed by atoms with van der Waals surface area (Å²) >= 11 is 0. The Morgan fingerprint density at radius 2 is 2.12 bits per heavy atom. The zero-order valence-corrected chi connectivity index (χ0v) is 11.7. The first-order valence-electron chi connectivity index (χ1n) is 6.56. The van der Waals surface area contributed by atoms with Gasteiger partial charge in [-0.1, -0.05) is 26.7 Å². The van der Waals surface area contributed by atoms with Gasteiger partial charge in [-0.2, -0.15) is 0 Å². The van der Waals surface area contributed by atoms with E-state index in [0.29, 0.717) is 12.5 Å². The molecule has 1 aliphatic carbocycles. The van der Waals surface area contributed by atoms with Crippen molar-refractivity contribution in [2.45, 2.75) is 50.9 Å². The van der Waals surface area contributed by atoms with Gasteiger partial charge in [-0.25, -0.2) is 8.42 Å². The fourth-order valence-corrected chi connectivity index (χ4v) is 4.55. The lowest BCUT2D eigenvalue weighted by Crippen LogP contribution is -2.37. The summed E-state index contributed by atoms with van der Waals surface area (Å²) in [5.41, 5.74) is 0. The zero-order valence-electron chi connectivity index (χ0n) is 10.9. The maximum Gasteiger partial charge on any atom is 0.155 e. The van der Waals surface area contributed by atoms with E-state index in [4.69, 9.17) is 0 Å². The van der Waals surface area contributed by atoms with Crippen LogP contribution in [0.4, 0.5) is 0 Å². The number of nitrogens with one attached hydrogen (secondary N) is 1. The molecule has 0 radical (unpaired) electrons. The van der Waals surface area contributed by atoms with Gasteiger partial charge in [0.25, 0.3) is 0 Å². The molecule has 0 heterocycles. The predicted octanol–water partition coefficient (Wildman–Crippen LogP) is 0.950. The molecular formula is C12H25NO3S. The summed E-state index contributed by atoms with van der Waals surface area (Å²) in [6.45, 7) is 5.15. The maximum atomic E-state index is 12.1. The Balaban J connectivity index is 2.49. The number of hydrogen-bond acceptors (Lipinski definition) is 4. The summed E-state index contributed by atoms with van der Waals surface area (Å²) in [6, 6.07) is 0. The van der Waals surface area contributed by atoms with Crippen LogP contribution in [0.1, 0.15) is 39.5 Å². The minimum absolute atomic E-state index is 0.0998. The Labute approximate surface area is 105 Å². The highest BCUT2D eigenvalue weighted by molar-refractivity contribution is 7.92. The molecule has 4 nitrogen and oxygen atoms in total. The van der Waals surface area contributed by atoms with Crippen molar-refractivity contribution in [3.63, 3.8) is 0 Å². The van der Waals surface area contributed by atoms with Crippen molar-refractivity contribution in [1.82, 2.24) is 5.32 Å². The van der Waals surface area contributed by atoms with Crippen LogP contribution in [0.15, 0.2) is 0 Å². The molecule has 1 fully saturated rings. The molecule has 1 aliphatic rings. The third-order valence-electron chi connectivity index (χ3n) is 3.45. The van der Waals surface area contributed by atoms with E-state index < -0.39 is 15.9 Å². The molecule has 3 atom stereocenters.